The van der Waals surface area contributed by atoms with Gasteiger partial charge >= 0.3 is 0 Å². The lowest BCUT2D eigenvalue weighted by molar-refractivity contribution is 1.34. The fourth-order valence-electron chi connectivity index (χ4n) is 2.12. The molecule has 3 rings (SSSR count). The molecule has 0 fully saturated rings. The maximum absolute atomic E-state index is 9.39. The number of hydrogen-bond acceptors (Lipinski definition) is 4. The average molecular weight is 305 g/mol. The Morgan fingerprint density at radius 1 is 1.18 bits per heavy atom. The van der Waals surface area contributed by atoms with Gasteiger partial charge in [-0.05, 0) is 49.2 Å². The highest BCUT2D eigenvalue weighted by atomic mass is 32.1. The number of thiazole rings is 1. The van der Waals surface area contributed by atoms with Gasteiger partial charge in [0.05, 0.1) is 10.2 Å². The van der Waals surface area contributed by atoms with Crippen molar-refractivity contribution in [2.75, 3.05) is 5.32 Å². The van der Waals surface area contributed by atoms with Gasteiger partial charge in [0, 0.05) is 11.9 Å². The number of rotatable bonds is 3. The van der Waals surface area contributed by atoms with E-state index in [4.69, 9.17) is 0 Å². The number of anilines is 1. The second kappa shape index (κ2) is 6.00. The SMILES string of the molecule is Cc1ccc(N/C=C(\C#N)c2nc3ccccc3s2)cc1C. The second-order valence-electron chi connectivity index (χ2n) is 5.10. The molecule has 0 unspecified atom stereocenters. The molecule has 3 nitrogen and oxygen atoms in total. The van der Waals surface area contributed by atoms with Gasteiger partial charge in [0.2, 0.25) is 0 Å². The summed E-state index contributed by atoms with van der Waals surface area (Å²) in [5.74, 6) is 0. The van der Waals surface area contributed by atoms with Gasteiger partial charge in [0.25, 0.3) is 0 Å². The van der Waals surface area contributed by atoms with Gasteiger partial charge in [-0.15, -0.1) is 11.3 Å². The Morgan fingerprint density at radius 2 is 2.00 bits per heavy atom. The highest BCUT2D eigenvalue weighted by Crippen LogP contribution is 2.26. The van der Waals surface area contributed by atoms with Gasteiger partial charge in [-0.2, -0.15) is 5.26 Å². The molecule has 0 atom stereocenters. The second-order valence-corrected chi connectivity index (χ2v) is 6.13. The van der Waals surface area contributed by atoms with Gasteiger partial charge in [-0.25, -0.2) is 4.98 Å². The number of aryl methyl sites for hydroxylation is 2. The molecule has 0 aliphatic rings. The Hall–Kier alpha value is -2.64. The van der Waals surface area contributed by atoms with E-state index >= 15 is 0 Å². The highest BCUT2D eigenvalue weighted by molar-refractivity contribution is 7.19. The molecule has 2 aromatic carbocycles. The van der Waals surface area contributed by atoms with E-state index in [-0.39, 0.29) is 0 Å². The molecular formula is C18H15N3S. The summed E-state index contributed by atoms with van der Waals surface area (Å²) in [7, 11) is 0. The van der Waals surface area contributed by atoms with Crippen LogP contribution >= 0.6 is 11.3 Å². The molecule has 1 heterocycles. The van der Waals surface area contributed by atoms with Crippen LogP contribution in [0.25, 0.3) is 15.8 Å². The molecule has 0 bridgehead atoms. The van der Waals surface area contributed by atoms with Crippen LogP contribution in [0, 0.1) is 25.2 Å². The predicted octanol–water partition coefficient (Wildman–Crippen LogP) is 4.89. The Kier molecular flexibility index (Phi) is 3.90. The summed E-state index contributed by atoms with van der Waals surface area (Å²) in [6.45, 7) is 4.15. The number of para-hydroxylation sites is 1. The topological polar surface area (TPSA) is 48.7 Å². The lowest BCUT2D eigenvalue weighted by atomic mass is 10.1. The van der Waals surface area contributed by atoms with Crippen molar-refractivity contribution in [1.82, 2.24) is 4.98 Å². The smallest absolute Gasteiger partial charge is 0.136 e. The molecule has 0 spiro atoms. The van der Waals surface area contributed by atoms with Crippen LogP contribution in [-0.4, -0.2) is 4.98 Å². The summed E-state index contributed by atoms with van der Waals surface area (Å²) in [4.78, 5) is 4.52. The van der Waals surface area contributed by atoms with Crippen molar-refractivity contribution < 1.29 is 0 Å². The average Bonchev–Trinajstić information content (AvgIpc) is 2.95. The summed E-state index contributed by atoms with van der Waals surface area (Å²) in [5.41, 5.74) is 4.91. The first-order valence-electron chi connectivity index (χ1n) is 6.97. The quantitative estimate of drug-likeness (QED) is 0.701. The first kappa shape index (κ1) is 14.3. The highest BCUT2D eigenvalue weighted by Gasteiger charge is 2.08. The maximum Gasteiger partial charge on any atom is 0.136 e. The van der Waals surface area contributed by atoms with Gasteiger partial charge in [-0.3, -0.25) is 0 Å². The van der Waals surface area contributed by atoms with Crippen LogP contribution in [0.2, 0.25) is 0 Å². The van der Waals surface area contributed by atoms with Gasteiger partial charge < -0.3 is 5.32 Å². The molecule has 3 aromatic rings. The Morgan fingerprint density at radius 3 is 2.73 bits per heavy atom. The molecule has 0 saturated carbocycles. The maximum atomic E-state index is 9.39. The van der Waals surface area contributed by atoms with Crippen LogP contribution in [0.4, 0.5) is 5.69 Å². The normalized spacial score (nSPS) is 11.4. The molecule has 108 valence electrons. The minimum absolute atomic E-state index is 0.541. The molecule has 22 heavy (non-hydrogen) atoms. The fourth-order valence-corrected chi connectivity index (χ4v) is 3.05. The van der Waals surface area contributed by atoms with E-state index in [9.17, 15) is 5.26 Å². The van der Waals surface area contributed by atoms with Crippen molar-refractivity contribution in [1.29, 1.82) is 5.26 Å². The third-order valence-electron chi connectivity index (χ3n) is 3.53. The van der Waals surface area contributed by atoms with E-state index in [2.05, 4.69) is 42.4 Å². The molecule has 0 saturated heterocycles. The zero-order chi connectivity index (χ0) is 15.5. The van der Waals surface area contributed by atoms with E-state index in [1.54, 1.807) is 6.20 Å². The summed E-state index contributed by atoms with van der Waals surface area (Å²) < 4.78 is 1.09. The minimum Gasteiger partial charge on any atom is -0.360 e. The lowest BCUT2D eigenvalue weighted by Crippen LogP contribution is -1.92. The van der Waals surface area contributed by atoms with Crippen LogP contribution in [-0.2, 0) is 0 Å². The number of nitrogens with one attached hydrogen (secondary N) is 1. The molecular weight excluding hydrogens is 290 g/mol. The molecule has 1 N–H and O–H groups in total. The molecule has 0 aliphatic heterocycles. The zero-order valence-corrected chi connectivity index (χ0v) is 13.2. The first-order chi connectivity index (χ1) is 10.7. The van der Waals surface area contributed by atoms with Crippen molar-refractivity contribution in [2.24, 2.45) is 0 Å². The van der Waals surface area contributed by atoms with E-state index in [1.165, 1.54) is 22.5 Å². The first-order valence-corrected chi connectivity index (χ1v) is 7.79. The summed E-state index contributed by atoms with van der Waals surface area (Å²) in [6, 6.07) is 16.3. The van der Waals surface area contributed by atoms with Crippen molar-refractivity contribution in [2.45, 2.75) is 13.8 Å². The van der Waals surface area contributed by atoms with Gasteiger partial charge in [-0.1, -0.05) is 18.2 Å². The summed E-state index contributed by atoms with van der Waals surface area (Å²) >= 11 is 1.53. The minimum atomic E-state index is 0.541. The predicted molar refractivity (Wildman–Crippen MR) is 92.7 cm³/mol. The van der Waals surface area contributed by atoms with Crippen molar-refractivity contribution in [3.8, 4) is 6.07 Å². The van der Waals surface area contributed by atoms with Crippen LogP contribution in [0.15, 0.2) is 48.7 Å². The van der Waals surface area contributed by atoms with Crippen molar-refractivity contribution in [3.05, 3.63) is 64.8 Å². The van der Waals surface area contributed by atoms with Crippen LogP contribution in [0.5, 0.6) is 0 Å². The van der Waals surface area contributed by atoms with Crippen molar-refractivity contribution in [3.63, 3.8) is 0 Å². The van der Waals surface area contributed by atoms with E-state index in [0.717, 1.165) is 20.9 Å². The van der Waals surface area contributed by atoms with Gasteiger partial charge in [0.1, 0.15) is 16.6 Å². The number of aromatic nitrogens is 1. The number of hydrogen-bond donors (Lipinski definition) is 1. The van der Waals surface area contributed by atoms with Crippen LogP contribution in [0.1, 0.15) is 16.1 Å². The Balaban J connectivity index is 1.90. The number of allylic oxidation sites excluding steroid dienone is 1. The Bertz CT molecular complexity index is 867. The third kappa shape index (κ3) is 2.85. The summed E-state index contributed by atoms with van der Waals surface area (Å²) in [6.07, 6.45) is 1.72. The molecule has 1 aromatic heterocycles. The monoisotopic (exact) mass is 305 g/mol. The molecule has 0 amide bonds. The number of nitrogens with zero attached hydrogens (tertiary/aromatic N) is 2. The number of benzene rings is 2. The molecule has 4 heteroatoms. The number of nitriles is 1. The van der Waals surface area contributed by atoms with E-state index in [1.807, 2.05) is 30.3 Å². The zero-order valence-electron chi connectivity index (χ0n) is 12.4. The van der Waals surface area contributed by atoms with Crippen molar-refractivity contribution >= 4 is 32.8 Å². The Labute approximate surface area is 133 Å². The number of fused-ring (bicyclic) bond motifs is 1. The molecule has 0 aliphatic carbocycles. The third-order valence-corrected chi connectivity index (χ3v) is 4.60. The van der Waals surface area contributed by atoms with E-state index in [0.29, 0.717) is 5.57 Å². The summed E-state index contributed by atoms with van der Waals surface area (Å²) in [5, 5.41) is 13.3. The fraction of sp³-hybridized carbons (Fsp3) is 0.111. The standard InChI is InChI=1S/C18H15N3S/c1-12-7-8-15(9-13(12)2)20-11-14(10-19)18-21-16-5-3-4-6-17(16)22-18/h3-9,11,20H,1-2H3/b14-11+. The largest absolute Gasteiger partial charge is 0.360 e. The van der Waals surface area contributed by atoms with Crippen LogP contribution in [0.3, 0.4) is 0 Å². The van der Waals surface area contributed by atoms with E-state index < -0.39 is 0 Å². The van der Waals surface area contributed by atoms with Crippen LogP contribution < -0.4 is 5.32 Å². The molecule has 0 radical (unpaired) electrons. The van der Waals surface area contributed by atoms with Gasteiger partial charge in [0.15, 0.2) is 0 Å². The lowest BCUT2D eigenvalue weighted by Gasteiger charge is -2.05.